The van der Waals surface area contributed by atoms with Crippen molar-refractivity contribution in [2.24, 2.45) is 110 Å². The lowest BCUT2D eigenvalue weighted by molar-refractivity contribution is -0.213. The molecule has 0 radical (unpaired) electrons. The molecule has 0 spiro atoms. The predicted molar refractivity (Wildman–Crippen MR) is 288 cm³/mol. The second kappa shape index (κ2) is 23.5. The highest BCUT2D eigenvalue weighted by Crippen LogP contribution is 2.72. The number of sulfone groups is 1. The number of nitrogens with two attached hydrogens (primary N) is 1. The Kier molecular flexibility index (Phi) is 18.2. The molecule has 0 bridgehead atoms. The van der Waals surface area contributed by atoms with E-state index in [-0.39, 0.29) is 58.1 Å². The molecule has 0 saturated heterocycles. The van der Waals surface area contributed by atoms with Crippen molar-refractivity contribution in [3.63, 3.8) is 0 Å². The van der Waals surface area contributed by atoms with E-state index >= 15 is 0 Å². The maximum absolute atomic E-state index is 12.8. The summed E-state index contributed by atoms with van der Waals surface area (Å²) < 4.78 is 48.7. The van der Waals surface area contributed by atoms with Crippen LogP contribution in [0.3, 0.4) is 0 Å². The van der Waals surface area contributed by atoms with Gasteiger partial charge in [-0.3, -0.25) is 19.2 Å². The van der Waals surface area contributed by atoms with Crippen molar-refractivity contribution < 1.29 is 46.5 Å². The molecule has 8 aliphatic carbocycles. The number of ether oxygens (including phenoxy) is 4. The zero-order valence-electron chi connectivity index (χ0n) is 46.7. The molecule has 0 amide bonds. The van der Waals surface area contributed by atoms with Crippen LogP contribution in [-0.4, -0.2) is 71.0 Å². The van der Waals surface area contributed by atoms with E-state index < -0.39 is 9.84 Å². The Labute approximate surface area is 446 Å². The van der Waals surface area contributed by atoms with E-state index in [1.54, 1.807) is 0 Å². The molecule has 0 heterocycles. The smallest absolute Gasteiger partial charge is 0.293 e. The van der Waals surface area contributed by atoms with Gasteiger partial charge in [-0.05, 0) is 227 Å². The van der Waals surface area contributed by atoms with Gasteiger partial charge in [0.1, 0.15) is 24.4 Å². The Hall–Kier alpha value is -2.99. The Morgan fingerprint density at radius 1 is 0.568 bits per heavy atom. The Balaban J connectivity index is 0.000000204. The van der Waals surface area contributed by atoms with Gasteiger partial charge in [-0.15, -0.1) is 0 Å². The van der Waals surface area contributed by atoms with Crippen LogP contribution in [0.1, 0.15) is 183 Å². The lowest BCUT2D eigenvalue weighted by Gasteiger charge is -2.65. The minimum absolute atomic E-state index is 0.00915. The average Bonchev–Trinajstić information content (AvgIpc) is 3.92. The predicted octanol–water partition coefficient (Wildman–Crippen LogP) is 12.0. The second-order valence-electron chi connectivity index (χ2n) is 26.8. The Morgan fingerprint density at radius 2 is 0.986 bits per heavy atom. The van der Waals surface area contributed by atoms with Gasteiger partial charge in [0.05, 0.1) is 11.5 Å². The third kappa shape index (κ3) is 10.5. The molecule has 8 aliphatic rings. The van der Waals surface area contributed by atoms with Crippen LogP contribution in [0.4, 0.5) is 0 Å². The van der Waals surface area contributed by atoms with E-state index in [4.69, 9.17) is 24.7 Å². The van der Waals surface area contributed by atoms with Gasteiger partial charge >= 0.3 is 0 Å². The van der Waals surface area contributed by atoms with Crippen LogP contribution in [-0.2, 0) is 53.7 Å². The second-order valence-corrected chi connectivity index (χ2v) is 29.0. The normalized spacial score (nSPS) is 43.9. The monoisotopic (exact) mass is 1050 g/mol. The molecule has 22 atom stereocenters. The first-order valence-electron chi connectivity index (χ1n) is 29.7. The number of carbonyl (C=O) groups is 4. The fraction of sp³-hybridized carbons (Fsp3) is 0.839. The maximum Gasteiger partial charge on any atom is 0.293 e. The van der Waals surface area contributed by atoms with Crippen LogP contribution in [0.2, 0.25) is 0 Å². The number of carbonyl (C=O) groups excluding carboxylic acids is 4. The van der Waals surface area contributed by atoms with E-state index in [1.807, 2.05) is 30.3 Å². The quantitative estimate of drug-likeness (QED) is 0.0976. The molecule has 12 heteroatoms. The molecule has 0 aliphatic heterocycles. The fourth-order valence-electron chi connectivity index (χ4n) is 20.9. The van der Waals surface area contributed by atoms with Crippen molar-refractivity contribution in [1.82, 2.24) is 0 Å². The minimum atomic E-state index is -3.13. The van der Waals surface area contributed by atoms with Gasteiger partial charge in [0.2, 0.25) is 0 Å². The summed E-state index contributed by atoms with van der Waals surface area (Å²) in [5.74, 6) is 7.19. The SMILES string of the molecule is CC[C@H]1[C@@H](OC=O)[C@@H]2[C@H](CC[C@]3(C)[C@@H]([C@H](C)CCCS(=O)(=O)Cc4ccccc4)CC[C@@H]23)[C@@]2(C)CC[C@@H](OC=O)C[C@@H]12.CC[C@H]1[C@@H](OC=O)[C@@H]2[C@H](CC[C@]3(C)[C@@H]([C@H](C)CCN)CC[C@@H]23)[C@@]2(C)CC[C@@H](OC=O)C[C@@H]12. The van der Waals surface area contributed by atoms with E-state index in [0.29, 0.717) is 109 Å². The van der Waals surface area contributed by atoms with Crippen LogP contribution in [0.25, 0.3) is 0 Å². The van der Waals surface area contributed by atoms with Crippen LogP contribution in [0, 0.1) is 105 Å². The molecule has 8 saturated carbocycles. The van der Waals surface area contributed by atoms with Crippen molar-refractivity contribution >= 4 is 35.7 Å². The number of rotatable bonds is 20. The largest absolute Gasteiger partial charge is 0.465 e. The lowest BCUT2D eigenvalue weighted by atomic mass is 9.41. The first-order chi connectivity index (χ1) is 35.4. The molecule has 1 aromatic carbocycles. The molecular formula is C62H97NO10S. The zero-order valence-corrected chi connectivity index (χ0v) is 47.5. The third-order valence-electron chi connectivity index (χ3n) is 24.1. The van der Waals surface area contributed by atoms with E-state index in [9.17, 15) is 27.6 Å². The Bertz CT molecular complexity index is 2160. The fourth-order valence-corrected chi connectivity index (χ4v) is 22.3. The molecule has 74 heavy (non-hydrogen) atoms. The molecule has 8 fully saturated rings. The molecule has 0 aromatic heterocycles. The van der Waals surface area contributed by atoms with Crippen molar-refractivity contribution in [1.29, 1.82) is 0 Å². The molecule has 1 aromatic rings. The number of benzene rings is 1. The topological polar surface area (TPSA) is 165 Å². The van der Waals surface area contributed by atoms with Crippen LogP contribution < -0.4 is 5.73 Å². The van der Waals surface area contributed by atoms with Gasteiger partial charge in [-0.25, -0.2) is 8.42 Å². The summed E-state index contributed by atoms with van der Waals surface area (Å²) in [4.78, 5) is 45.9. The summed E-state index contributed by atoms with van der Waals surface area (Å²) in [6, 6.07) is 9.48. The van der Waals surface area contributed by atoms with Crippen molar-refractivity contribution in [2.75, 3.05) is 12.3 Å². The molecule has 9 rings (SSSR count). The van der Waals surface area contributed by atoms with Crippen LogP contribution in [0.15, 0.2) is 30.3 Å². The first-order valence-corrected chi connectivity index (χ1v) is 31.6. The summed E-state index contributed by atoms with van der Waals surface area (Å²) in [6.07, 6.45) is 20.1. The molecule has 0 unspecified atom stereocenters. The van der Waals surface area contributed by atoms with Gasteiger partial charge in [-0.2, -0.15) is 0 Å². The van der Waals surface area contributed by atoms with Gasteiger partial charge in [0, 0.05) is 11.8 Å². The van der Waals surface area contributed by atoms with Gasteiger partial charge in [0.15, 0.2) is 9.84 Å². The highest BCUT2D eigenvalue weighted by molar-refractivity contribution is 7.90. The molecule has 2 N–H and O–H groups in total. The summed E-state index contributed by atoms with van der Waals surface area (Å²) in [5.41, 5.74) is 7.69. The number of fused-ring (bicyclic) bond motifs is 10. The van der Waals surface area contributed by atoms with Crippen molar-refractivity contribution in [3.8, 4) is 0 Å². The highest BCUT2D eigenvalue weighted by atomic mass is 32.2. The van der Waals surface area contributed by atoms with E-state index in [2.05, 4.69) is 55.4 Å². The van der Waals surface area contributed by atoms with E-state index in [1.165, 1.54) is 38.5 Å². The highest BCUT2D eigenvalue weighted by Gasteiger charge is 2.68. The summed E-state index contributed by atoms with van der Waals surface area (Å²) in [7, 11) is -3.13. The summed E-state index contributed by atoms with van der Waals surface area (Å²) >= 11 is 0. The average molecular weight is 1050 g/mol. The summed E-state index contributed by atoms with van der Waals surface area (Å²) in [5, 5.41) is 0. The molecular weight excluding hydrogens is 951 g/mol. The minimum Gasteiger partial charge on any atom is -0.465 e. The standard InChI is InChI=1S/C35H52O6S.C27H45NO4/c1-5-27-31-20-26(40-22-36)15-17-35(31,4)30-16-18-34(3)28(13-14-29(34)32(30)33(27)41-23-37)24(2)10-9-19-42(38,39)21-25-11-7-6-8-12-25;1-5-19-23-14-18(31-15-29)8-11-27(23,4)22-9-12-26(3)20(17(2)10-13-28)6-7-21(26)24(22)25(19)32-16-30/h6-8,11-12,22-24,26-33H,5,9-10,13-21H2,1-4H3;15-25H,5-14,28H2,1-4H3/t24-,26-,27-,28-,29+,30+,31+,32+,33-,34-,35-;17-,18-,19-,20-,21+,22+,23+,24+,25-,26-,27-/m11/s1. The lowest BCUT2D eigenvalue weighted by Crippen LogP contribution is -2.62. The molecule has 416 valence electrons. The van der Waals surface area contributed by atoms with E-state index in [0.717, 1.165) is 95.1 Å². The van der Waals surface area contributed by atoms with Gasteiger partial charge in [0.25, 0.3) is 25.9 Å². The van der Waals surface area contributed by atoms with Crippen molar-refractivity contribution in [2.45, 2.75) is 208 Å². The maximum atomic E-state index is 12.8. The summed E-state index contributed by atoms with van der Waals surface area (Å²) in [6.45, 7) is 22.6. The Morgan fingerprint density at radius 3 is 1.41 bits per heavy atom. The van der Waals surface area contributed by atoms with Crippen LogP contribution in [0.5, 0.6) is 0 Å². The molecule has 11 nitrogen and oxygen atoms in total. The third-order valence-corrected chi connectivity index (χ3v) is 25.8. The number of hydrogen-bond donors (Lipinski definition) is 1. The number of hydrogen-bond acceptors (Lipinski definition) is 11. The van der Waals surface area contributed by atoms with Crippen LogP contribution >= 0.6 is 0 Å². The van der Waals surface area contributed by atoms with Gasteiger partial charge in [-0.1, -0.05) is 85.7 Å². The van der Waals surface area contributed by atoms with Gasteiger partial charge < -0.3 is 24.7 Å². The van der Waals surface area contributed by atoms with Crippen molar-refractivity contribution in [3.05, 3.63) is 35.9 Å². The first kappa shape index (κ1) is 57.2. The zero-order chi connectivity index (χ0) is 53.2.